The van der Waals surface area contributed by atoms with Crippen LogP contribution < -0.4 is 10.6 Å². The minimum Gasteiger partial charge on any atom is -0.323 e. The average molecular weight is 390 g/mol. The van der Waals surface area contributed by atoms with Crippen LogP contribution in [-0.4, -0.2) is 39.8 Å². The van der Waals surface area contributed by atoms with Crippen molar-refractivity contribution >= 4 is 34.3 Å². The van der Waals surface area contributed by atoms with Gasteiger partial charge < -0.3 is 10.6 Å². The maximum Gasteiger partial charge on any atom is 0.325 e. The third-order valence-corrected chi connectivity index (χ3v) is 5.40. The Morgan fingerprint density at radius 2 is 1.93 bits per heavy atom. The van der Waals surface area contributed by atoms with Crippen LogP contribution >= 0.6 is 11.3 Å². The van der Waals surface area contributed by atoms with Crippen molar-refractivity contribution in [1.29, 1.82) is 0 Å². The lowest BCUT2D eigenvalue weighted by molar-refractivity contribution is -0.134. The predicted molar refractivity (Wildman–Crippen MR) is 99.7 cm³/mol. The Kier molecular flexibility index (Phi) is 5.22. The Labute approximate surface area is 159 Å². The zero-order chi connectivity index (χ0) is 19.6. The number of nitrogens with one attached hydrogen (secondary N) is 2. The zero-order valence-corrected chi connectivity index (χ0v) is 15.7. The van der Waals surface area contributed by atoms with E-state index in [2.05, 4.69) is 15.6 Å². The summed E-state index contributed by atoms with van der Waals surface area (Å²) in [7, 11) is 0. The summed E-state index contributed by atoms with van der Waals surface area (Å²) in [4.78, 5) is 42.1. The molecular weight excluding hydrogens is 371 g/mol. The Bertz CT molecular complexity index is 877. The second-order valence-corrected chi connectivity index (χ2v) is 7.06. The summed E-state index contributed by atoms with van der Waals surface area (Å²) in [5.41, 5.74) is 0.382. The van der Waals surface area contributed by atoms with Gasteiger partial charge in [-0.15, -0.1) is 11.3 Å². The summed E-state index contributed by atoms with van der Waals surface area (Å²) >= 11 is 1.20. The Morgan fingerprint density at radius 1 is 1.26 bits per heavy atom. The van der Waals surface area contributed by atoms with E-state index in [1.165, 1.54) is 23.5 Å². The van der Waals surface area contributed by atoms with E-state index in [9.17, 15) is 18.8 Å². The number of carbonyl (C=O) groups excluding carboxylic acids is 3. The molecule has 7 nitrogen and oxygen atoms in total. The number of imide groups is 1. The highest BCUT2D eigenvalue weighted by Gasteiger charge is 2.49. The van der Waals surface area contributed by atoms with Crippen LogP contribution in [-0.2, 0) is 9.59 Å². The third kappa shape index (κ3) is 3.68. The molecule has 1 aliphatic rings. The van der Waals surface area contributed by atoms with E-state index in [1.807, 2.05) is 13.8 Å². The van der Waals surface area contributed by atoms with Crippen molar-refractivity contribution in [2.45, 2.75) is 32.2 Å². The first kappa shape index (κ1) is 19.0. The predicted octanol–water partition coefficient (Wildman–Crippen LogP) is 3.00. The molecular formula is C18H19FN4O3S. The average Bonchev–Trinajstić information content (AvgIpc) is 3.20. The highest BCUT2D eigenvalue weighted by Crippen LogP contribution is 2.26. The van der Waals surface area contributed by atoms with Gasteiger partial charge in [0.1, 0.15) is 17.9 Å². The first-order valence-corrected chi connectivity index (χ1v) is 9.42. The number of anilines is 1. The fourth-order valence-electron chi connectivity index (χ4n) is 2.94. The van der Waals surface area contributed by atoms with Gasteiger partial charge in [0.25, 0.3) is 5.91 Å². The number of amides is 4. The number of urea groups is 1. The van der Waals surface area contributed by atoms with Crippen LogP contribution in [0.15, 0.2) is 29.6 Å². The van der Waals surface area contributed by atoms with Crippen molar-refractivity contribution in [3.63, 3.8) is 0 Å². The molecule has 9 heteroatoms. The van der Waals surface area contributed by atoms with Crippen LogP contribution in [0.25, 0.3) is 11.3 Å². The van der Waals surface area contributed by atoms with E-state index in [-0.39, 0.29) is 12.4 Å². The van der Waals surface area contributed by atoms with E-state index >= 15 is 0 Å². The summed E-state index contributed by atoms with van der Waals surface area (Å²) in [5.74, 6) is -1.24. The van der Waals surface area contributed by atoms with E-state index < -0.39 is 23.4 Å². The van der Waals surface area contributed by atoms with Crippen LogP contribution in [0.1, 0.15) is 26.7 Å². The molecule has 27 heavy (non-hydrogen) atoms. The largest absolute Gasteiger partial charge is 0.325 e. The fourth-order valence-corrected chi connectivity index (χ4v) is 3.67. The van der Waals surface area contributed by atoms with Gasteiger partial charge in [-0.3, -0.25) is 14.5 Å². The Morgan fingerprint density at radius 3 is 2.52 bits per heavy atom. The molecule has 0 saturated carbocycles. The second kappa shape index (κ2) is 7.43. The number of hydrogen-bond acceptors (Lipinski definition) is 5. The van der Waals surface area contributed by atoms with Crippen LogP contribution in [0.4, 0.5) is 14.3 Å². The molecule has 0 aliphatic carbocycles. The molecule has 2 aromatic rings. The molecule has 1 fully saturated rings. The first-order valence-electron chi connectivity index (χ1n) is 8.54. The molecule has 2 N–H and O–H groups in total. The monoisotopic (exact) mass is 390 g/mol. The van der Waals surface area contributed by atoms with Crippen LogP contribution in [0.2, 0.25) is 0 Å². The lowest BCUT2D eigenvalue weighted by Gasteiger charge is -2.22. The lowest BCUT2D eigenvalue weighted by Crippen LogP contribution is -2.46. The van der Waals surface area contributed by atoms with Crippen molar-refractivity contribution in [3.8, 4) is 11.3 Å². The van der Waals surface area contributed by atoms with Crippen LogP contribution in [0, 0.1) is 5.82 Å². The highest BCUT2D eigenvalue weighted by atomic mass is 32.1. The van der Waals surface area contributed by atoms with Gasteiger partial charge in [0.05, 0.1) is 5.69 Å². The number of nitrogens with zero attached hydrogens (tertiary/aromatic N) is 2. The van der Waals surface area contributed by atoms with Crippen molar-refractivity contribution < 1.29 is 18.8 Å². The maximum absolute atomic E-state index is 13.0. The highest BCUT2D eigenvalue weighted by molar-refractivity contribution is 7.14. The van der Waals surface area contributed by atoms with E-state index in [1.54, 1.807) is 17.5 Å². The Balaban J connectivity index is 1.66. The van der Waals surface area contributed by atoms with Crippen molar-refractivity contribution in [1.82, 2.24) is 15.2 Å². The molecule has 4 amide bonds. The maximum atomic E-state index is 13.0. The smallest absolute Gasteiger partial charge is 0.323 e. The van der Waals surface area contributed by atoms with Crippen LogP contribution in [0.5, 0.6) is 0 Å². The van der Waals surface area contributed by atoms with Crippen molar-refractivity contribution in [3.05, 3.63) is 35.5 Å². The summed E-state index contributed by atoms with van der Waals surface area (Å²) < 4.78 is 13.0. The molecule has 1 aromatic carbocycles. The SMILES string of the molecule is CCC1(CC)NC(=O)N(CC(=O)Nc2nc(-c3ccc(F)cc3)cs2)C1=O. The number of halogens is 1. The van der Waals surface area contributed by atoms with E-state index in [0.717, 1.165) is 10.5 Å². The quantitative estimate of drug-likeness (QED) is 0.742. The van der Waals surface area contributed by atoms with E-state index in [4.69, 9.17) is 0 Å². The minimum atomic E-state index is -0.936. The van der Waals surface area contributed by atoms with Gasteiger partial charge in [-0.05, 0) is 37.1 Å². The molecule has 2 heterocycles. The first-order chi connectivity index (χ1) is 12.9. The number of carbonyl (C=O) groups is 3. The zero-order valence-electron chi connectivity index (χ0n) is 14.9. The standard InChI is InChI=1S/C18H19FN4O3S/c1-3-18(4-2)15(25)23(17(26)22-18)9-14(24)21-16-20-13(10-27-16)11-5-7-12(19)8-6-11/h5-8,10H,3-4,9H2,1-2H3,(H,22,26)(H,20,21,24). The fraction of sp³-hybridized carbons (Fsp3) is 0.333. The number of benzene rings is 1. The van der Waals surface area contributed by atoms with Gasteiger partial charge in [0.2, 0.25) is 5.91 Å². The molecule has 0 unspecified atom stereocenters. The summed E-state index contributed by atoms with van der Waals surface area (Å²) in [5, 5.41) is 7.34. The Hall–Kier alpha value is -2.81. The van der Waals surface area contributed by atoms with Crippen LogP contribution in [0.3, 0.4) is 0 Å². The molecule has 142 valence electrons. The normalized spacial score (nSPS) is 15.7. The van der Waals surface area contributed by atoms with Gasteiger partial charge >= 0.3 is 6.03 Å². The molecule has 0 atom stereocenters. The molecule has 0 bridgehead atoms. The second-order valence-electron chi connectivity index (χ2n) is 6.20. The van der Waals surface area contributed by atoms with E-state index in [0.29, 0.717) is 23.7 Å². The van der Waals surface area contributed by atoms with Crippen molar-refractivity contribution in [2.75, 3.05) is 11.9 Å². The van der Waals surface area contributed by atoms with Gasteiger partial charge in [-0.2, -0.15) is 0 Å². The summed E-state index contributed by atoms with van der Waals surface area (Å²) in [6.07, 6.45) is 0.916. The molecule has 3 rings (SSSR count). The number of rotatable bonds is 6. The number of thiazole rings is 1. The lowest BCUT2D eigenvalue weighted by atomic mass is 9.93. The van der Waals surface area contributed by atoms with Gasteiger partial charge in [0.15, 0.2) is 5.13 Å². The minimum absolute atomic E-state index is 0.337. The molecule has 1 saturated heterocycles. The van der Waals surface area contributed by atoms with Gasteiger partial charge in [-0.1, -0.05) is 13.8 Å². The van der Waals surface area contributed by atoms with Gasteiger partial charge in [-0.25, -0.2) is 14.2 Å². The molecule has 0 spiro atoms. The third-order valence-electron chi connectivity index (χ3n) is 4.65. The number of aromatic nitrogens is 1. The van der Waals surface area contributed by atoms with Crippen molar-refractivity contribution in [2.24, 2.45) is 0 Å². The number of hydrogen-bond donors (Lipinski definition) is 2. The molecule has 1 aromatic heterocycles. The van der Waals surface area contributed by atoms with Gasteiger partial charge in [0, 0.05) is 10.9 Å². The molecule has 1 aliphatic heterocycles. The topological polar surface area (TPSA) is 91.4 Å². The molecule has 0 radical (unpaired) electrons. The summed E-state index contributed by atoms with van der Waals surface area (Å²) in [6, 6.07) is 5.29. The summed E-state index contributed by atoms with van der Waals surface area (Å²) in [6.45, 7) is 3.26.